The Morgan fingerprint density at radius 3 is 2.56 bits per heavy atom. The van der Waals surface area contributed by atoms with Crippen molar-refractivity contribution in [1.29, 1.82) is 0 Å². The number of ether oxygens (including phenoxy) is 1. The molecule has 0 saturated heterocycles. The third-order valence-corrected chi connectivity index (χ3v) is 8.51. The molecule has 0 amide bonds. The van der Waals surface area contributed by atoms with Gasteiger partial charge in [0.1, 0.15) is 24.0 Å². The van der Waals surface area contributed by atoms with E-state index in [0.29, 0.717) is 60.6 Å². The second-order valence-electron chi connectivity index (χ2n) is 11.4. The second-order valence-corrected chi connectivity index (χ2v) is 11.8. The van der Waals surface area contributed by atoms with Crippen LogP contribution in [0.25, 0.3) is 11.0 Å². The predicted molar refractivity (Wildman–Crippen MR) is 149 cm³/mol. The molecule has 2 aliphatic rings. The number of benzene rings is 3. The van der Waals surface area contributed by atoms with Crippen LogP contribution in [-0.4, -0.2) is 38.7 Å². The average molecular weight is 620 g/mol. The molecule has 1 aromatic heterocycles. The first-order chi connectivity index (χ1) is 20.4. The number of hydrogen-bond donors (Lipinski definition) is 1. The highest BCUT2D eigenvalue weighted by Crippen LogP contribution is 2.48. The lowest BCUT2D eigenvalue weighted by Crippen LogP contribution is -2.32. The number of imidazole rings is 1. The Morgan fingerprint density at radius 1 is 1.09 bits per heavy atom. The van der Waals surface area contributed by atoms with Crippen LogP contribution in [0.5, 0.6) is 5.75 Å². The van der Waals surface area contributed by atoms with Crippen molar-refractivity contribution in [2.45, 2.75) is 51.7 Å². The topological polar surface area (TPSA) is 67.6 Å². The van der Waals surface area contributed by atoms with Crippen molar-refractivity contribution in [3.63, 3.8) is 0 Å². The number of aromatic nitrogens is 2. The van der Waals surface area contributed by atoms with Crippen LogP contribution in [0.2, 0.25) is 5.02 Å². The molecule has 6 nitrogen and oxygen atoms in total. The molecule has 1 fully saturated rings. The Hall–Kier alpha value is -3.70. The van der Waals surface area contributed by atoms with Crippen molar-refractivity contribution in [2.24, 2.45) is 5.41 Å². The predicted octanol–water partition coefficient (Wildman–Crippen LogP) is 7.43. The minimum atomic E-state index is -4.67. The van der Waals surface area contributed by atoms with Gasteiger partial charge in [0.25, 0.3) is 0 Å². The summed E-state index contributed by atoms with van der Waals surface area (Å²) in [6, 6.07) is 11.0. The highest BCUT2D eigenvalue weighted by atomic mass is 35.5. The van der Waals surface area contributed by atoms with Crippen LogP contribution in [0.4, 0.5) is 22.0 Å². The summed E-state index contributed by atoms with van der Waals surface area (Å²) in [5.41, 5.74) is 1.13. The number of aromatic carboxylic acids is 1. The van der Waals surface area contributed by atoms with E-state index < -0.39 is 48.0 Å². The molecule has 0 bridgehead atoms. The molecule has 0 unspecified atom stereocenters. The number of halogens is 6. The number of carboxylic acids is 1. The lowest BCUT2D eigenvalue weighted by Gasteiger charge is -2.30. The van der Waals surface area contributed by atoms with E-state index in [9.17, 15) is 31.9 Å². The molecule has 12 heteroatoms. The lowest BCUT2D eigenvalue weighted by molar-refractivity contribution is -0.139. The molecule has 1 N–H and O–H groups in total. The third kappa shape index (κ3) is 6.05. The van der Waals surface area contributed by atoms with E-state index in [1.54, 1.807) is 12.1 Å². The van der Waals surface area contributed by atoms with Crippen LogP contribution in [-0.2, 0) is 38.8 Å². The van der Waals surface area contributed by atoms with Gasteiger partial charge in [-0.1, -0.05) is 17.7 Å². The Labute approximate surface area is 248 Å². The number of carbonyl (C=O) groups is 1. The van der Waals surface area contributed by atoms with E-state index in [0.717, 1.165) is 25.0 Å². The van der Waals surface area contributed by atoms with Gasteiger partial charge in [0, 0.05) is 35.6 Å². The Balaban J connectivity index is 1.28. The Kier molecular flexibility index (Phi) is 7.58. The van der Waals surface area contributed by atoms with Gasteiger partial charge in [-0.15, -0.1) is 0 Å². The molecular formula is C31H27ClF5N3O3. The molecular weight excluding hydrogens is 593 g/mol. The highest BCUT2D eigenvalue weighted by molar-refractivity contribution is 6.30. The number of alkyl halides is 4. The summed E-state index contributed by atoms with van der Waals surface area (Å²) in [7, 11) is 0. The maximum atomic E-state index is 14.3. The fourth-order valence-corrected chi connectivity index (χ4v) is 5.72. The van der Waals surface area contributed by atoms with Crippen LogP contribution in [0, 0.1) is 11.2 Å². The summed E-state index contributed by atoms with van der Waals surface area (Å²) in [5, 5.41) is 9.67. The van der Waals surface area contributed by atoms with Gasteiger partial charge in [0.05, 0.1) is 35.4 Å². The molecule has 4 aromatic rings. The number of carboxylic acid groups (broad SMARTS) is 1. The van der Waals surface area contributed by atoms with Crippen molar-refractivity contribution in [1.82, 2.24) is 14.5 Å². The average Bonchev–Trinajstić information content (AvgIpc) is 3.66. The van der Waals surface area contributed by atoms with E-state index in [4.69, 9.17) is 21.3 Å². The van der Waals surface area contributed by atoms with E-state index in [2.05, 4.69) is 0 Å². The SMILES string of the molecule is O=C(O)c1ccc2nc(CN3CCc4cc(C(F)(F)F)c(OCc5ccc(Cl)cc5F)cc4C3)n(CC3(CF)CC3)c2c1. The zero-order valence-corrected chi connectivity index (χ0v) is 23.6. The molecule has 0 radical (unpaired) electrons. The summed E-state index contributed by atoms with van der Waals surface area (Å²) < 4.78 is 77.5. The highest BCUT2D eigenvalue weighted by Gasteiger charge is 2.44. The van der Waals surface area contributed by atoms with Crippen LogP contribution in [0.3, 0.4) is 0 Å². The van der Waals surface area contributed by atoms with Gasteiger partial charge in [-0.3, -0.25) is 9.29 Å². The molecule has 2 heterocycles. The van der Waals surface area contributed by atoms with Gasteiger partial charge in [-0.25, -0.2) is 14.2 Å². The van der Waals surface area contributed by atoms with Crippen molar-refractivity contribution in [2.75, 3.05) is 13.2 Å². The number of nitrogens with zero attached hydrogens (tertiary/aromatic N) is 3. The second kappa shape index (κ2) is 11.1. The minimum absolute atomic E-state index is 0.0727. The van der Waals surface area contributed by atoms with Crippen LogP contribution in [0.15, 0.2) is 48.5 Å². The van der Waals surface area contributed by atoms with Gasteiger partial charge in [-0.05, 0) is 72.9 Å². The maximum absolute atomic E-state index is 14.3. The zero-order chi connectivity index (χ0) is 30.5. The van der Waals surface area contributed by atoms with Crippen molar-refractivity contribution < 1.29 is 36.6 Å². The van der Waals surface area contributed by atoms with Gasteiger partial charge in [-0.2, -0.15) is 13.2 Å². The summed E-state index contributed by atoms with van der Waals surface area (Å²) in [6.45, 7) is 0.539. The normalized spacial score (nSPS) is 16.3. The smallest absolute Gasteiger partial charge is 0.419 e. The lowest BCUT2D eigenvalue weighted by atomic mass is 9.96. The molecule has 226 valence electrons. The van der Waals surface area contributed by atoms with Gasteiger partial charge in [0.2, 0.25) is 0 Å². The summed E-state index contributed by atoms with van der Waals surface area (Å²) >= 11 is 5.78. The number of hydrogen-bond acceptors (Lipinski definition) is 4. The van der Waals surface area contributed by atoms with Crippen LogP contribution in [0.1, 0.15) is 51.3 Å². The number of fused-ring (bicyclic) bond motifs is 2. The fraction of sp³-hybridized carbons (Fsp3) is 0.355. The van der Waals surface area contributed by atoms with Crippen molar-refractivity contribution in [3.05, 3.63) is 93.0 Å². The first-order valence-electron chi connectivity index (χ1n) is 13.8. The first kappa shape index (κ1) is 29.4. The largest absolute Gasteiger partial charge is 0.488 e. The van der Waals surface area contributed by atoms with Crippen molar-refractivity contribution >= 4 is 28.6 Å². The maximum Gasteiger partial charge on any atom is 0.419 e. The van der Waals surface area contributed by atoms with E-state index in [1.807, 2.05) is 9.47 Å². The summed E-state index contributed by atoms with van der Waals surface area (Å²) in [5.74, 6) is -1.52. The van der Waals surface area contributed by atoms with E-state index in [1.165, 1.54) is 24.3 Å². The zero-order valence-electron chi connectivity index (χ0n) is 22.9. The number of rotatable bonds is 9. The van der Waals surface area contributed by atoms with Gasteiger partial charge >= 0.3 is 12.1 Å². The van der Waals surface area contributed by atoms with E-state index in [-0.39, 0.29) is 16.1 Å². The summed E-state index contributed by atoms with van der Waals surface area (Å²) in [6.07, 6.45) is -2.87. The standard InChI is InChI=1S/C31H27ClF5N3O3/c32-22-3-1-20(24(34)12-22)15-43-27-11-21-13-39(8-5-18(21)9-23(27)31(35,36)37)14-28-38-25-4-2-19(29(41)42)10-26(25)40(28)17-30(16-33)6-7-30/h1-4,9-12H,5-8,13-17H2,(H,41,42). The van der Waals surface area contributed by atoms with E-state index >= 15 is 0 Å². The third-order valence-electron chi connectivity index (χ3n) is 8.27. The first-order valence-corrected chi connectivity index (χ1v) is 14.1. The Morgan fingerprint density at radius 2 is 1.88 bits per heavy atom. The van der Waals surface area contributed by atoms with Crippen molar-refractivity contribution in [3.8, 4) is 5.75 Å². The molecule has 0 spiro atoms. The monoisotopic (exact) mass is 619 g/mol. The van der Waals surface area contributed by atoms with Gasteiger partial charge < -0.3 is 14.4 Å². The molecule has 6 rings (SSSR count). The van der Waals surface area contributed by atoms with Crippen LogP contribution < -0.4 is 4.74 Å². The quantitative estimate of drug-likeness (QED) is 0.197. The molecule has 43 heavy (non-hydrogen) atoms. The molecule has 0 atom stereocenters. The van der Waals surface area contributed by atoms with Crippen LogP contribution >= 0.6 is 11.6 Å². The molecule has 1 aliphatic carbocycles. The molecule has 1 aliphatic heterocycles. The molecule has 1 saturated carbocycles. The molecule has 3 aromatic carbocycles. The Bertz CT molecular complexity index is 1720. The minimum Gasteiger partial charge on any atom is -0.488 e. The fourth-order valence-electron chi connectivity index (χ4n) is 5.56. The van der Waals surface area contributed by atoms with Gasteiger partial charge in [0.15, 0.2) is 0 Å². The summed E-state index contributed by atoms with van der Waals surface area (Å²) in [4.78, 5) is 18.4.